The van der Waals surface area contributed by atoms with Crippen molar-refractivity contribution in [3.63, 3.8) is 0 Å². The Morgan fingerprint density at radius 1 is 0.897 bits per heavy atom. The number of sulfone groups is 1. The van der Waals surface area contributed by atoms with E-state index in [2.05, 4.69) is 4.98 Å². The lowest BCUT2D eigenvalue weighted by Gasteiger charge is -2.03. The number of rotatable bonds is 4. The van der Waals surface area contributed by atoms with Crippen LogP contribution in [0.4, 0.5) is 4.39 Å². The molecule has 0 aliphatic carbocycles. The van der Waals surface area contributed by atoms with E-state index in [9.17, 15) is 12.8 Å². The van der Waals surface area contributed by atoms with Gasteiger partial charge in [-0.05, 0) is 61.0 Å². The predicted molar refractivity (Wildman–Crippen MR) is 114 cm³/mol. The molecule has 0 fully saturated rings. The smallest absolute Gasteiger partial charge is 0.175 e. The van der Waals surface area contributed by atoms with Gasteiger partial charge in [0.1, 0.15) is 10.8 Å². The molecule has 0 aliphatic heterocycles. The Morgan fingerprint density at radius 3 is 2.17 bits per heavy atom. The second kappa shape index (κ2) is 7.50. The van der Waals surface area contributed by atoms with E-state index < -0.39 is 9.84 Å². The quantitative estimate of drug-likeness (QED) is 0.441. The van der Waals surface area contributed by atoms with Gasteiger partial charge in [-0.15, -0.1) is 11.3 Å². The fourth-order valence-corrected chi connectivity index (χ4v) is 4.69. The Balaban J connectivity index is 1.86. The van der Waals surface area contributed by atoms with Gasteiger partial charge in [-0.2, -0.15) is 0 Å². The first-order valence-corrected chi connectivity index (χ1v) is 11.5. The van der Waals surface area contributed by atoms with Crippen LogP contribution in [0.5, 0.6) is 0 Å². The molecule has 146 valence electrons. The van der Waals surface area contributed by atoms with E-state index in [0.717, 1.165) is 38.0 Å². The molecule has 0 atom stereocenters. The fraction of sp³-hybridized carbons (Fsp3) is 0.0909. The molecule has 2 aromatic heterocycles. The molecule has 29 heavy (non-hydrogen) atoms. The van der Waals surface area contributed by atoms with Crippen molar-refractivity contribution in [2.24, 2.45) is 0 Å². The highest BCUT2D eigenvalue weighted by Crippen LogP contribution is 2.40. The Labute approximate surface area is 172 Å². The summed E-state index contributed by atoms with van der Waals surface area (Å²) in [6.45, 7) is 1.92. The van der Waals surface area contributed by atoms with Crippen LogP contribution in [0.15, 0.2) is 71.8 Å². The minimum atomic E-state index is -3.26. The van der Waals surface area contributed by atoms with Crippen molar-refractivity contribution in [1.82, 2.24) is 9.97 Å². The minimum Gasteiger partial charge on any atom is -0.262 e. The lowest BCUT2D eigenvalue weighted by molar-refractivity contribution is 0.602. The summed E-state index contributed by atoms with van der Waals surface area (Å²) in [4.78, 5) is 10.3. The van der Waals surface area contributed by atoms with Gasteiger partial charge in [-0.25, -0.2) is 17.8 Å². The summed E-state index contributed by atoms with van der Waals surface area (Å²) >= 11 is 1.50. The number of benzene rings is 2. The first-order chi connectivity index (χ1) is 13.8. The third-order valence-electron chi connectivity index (χ3n) is 4.43. The molecule has 2 heterocycles. The summed E-state index contributed by atoms with van der Waals surface area (Å²) in [7, 11) is -3.26. The number of hydrogen-bond acceptors (Lipinski definition) is 5. The number of pyridine rings is 1. The second-order valence-electron chi connectivity index (χ2n) is 6.69. The second-order valence-corrected chi connectivity index (χ2v) is 9.70. The van der Waals surface area contributed by atoms with Gasteiger partial charge in [-0.3, -0.25) is 4.98 Å². The van der Waals surface area contributed by atoms with Gasteiger partial charge in [0.05, 0.1) is 15.5 Å². The van der Waals surface area contributed by atoms with Gasteiger partial charge >= 0.3 is 0 Å². The van der Waals surface area contributed by atoms with Crippen molar-refractivity contribution in [3.8, 4) is 32.3 Å². The summed E-state index contributed by atoms with van der Waals surface area (Å²) in [5.41, 5.74) is 4.25. The van der Waals surface area contributed by atoms with Gasteiger partial charge in [0, 0.05) is 29.3 Å². The number of aromatic nitrogens is 2. The Hall–Kier alpha value is -2.90. The minimum absolute atomic E-state index is 0.265. The predicted octanol–water partition coefficient (Wildman–Crippen LogP) is 5.39. The number of halogens is 1. The molecule has 0 radical (unpaired) electrons. The Morgan fingerprint density at radius 2 is 1.55 bits per heavy atom. The van der Waals surface area contributed by atoms with Crippen molar-refractivity contribution < 1.29 is 12.8 Å². The summed E-state index contributed by atoms with van der Waals surface area (Å²) in [6.07, 6.45) is 2.93. The molecule has 4 aromatic rings. The lowest BCUT2D eigenvalue weighted by atomic mass is 10.1. The Bertz CT molecular complexity index is 1280. The number of hydrogen-bond donors (Lipinski definition) is 0. The zero-order valence-electron chi connectivity index (χ0n) is 15.8. The van der Waals surface area contributed by atoms with E-state index in [1.807, 2.05) is 19.1 Å². The van der Waals surface area contributed by atoms with Gasteiger partial charge < -0.3 is 0 Å². The molecule has 0 spiro atoms. The van der Waals surface area contributed by atoms with Crippen LogP contribution in [0.1, 0.15) is 5.69 Å². The molecule has 4 rings (SSSR count). The maximum atomic E-state index is 13.4. The van der Waals surface area contributed by atoms with Crippen LogP contribution in [0.25, 0.3) is 32.3 Å². The zero-order valence-corrected chi connectivity index (χ0v) is 17.4. The molecule has 0 unspecified atom stereocenters. The number of nitrogens with zero attached hydrogens (tertiary/aromatic N) is 2. The monoisotopic (exact) mass is 424 g/mol. The van der Waals surface area contributed by atoms with Crippen molar-refractivity contribution in [2.45, 2.75) is 11.8 Å². The molecule has 0 amide bonds. The van der Waals surface area contributed by atoms with Crippen LogP contribution in [-0.2, 0) is 9.84 Å². The lowest BCUT2D eigenvalue weighted by Crippen LogP contribution is -1.96. The van der Waals surface area contributed by atoms with Crippen LogP contribution in [0.3, 0.4) is 0 Å². The van der Waals surface area contributed by atoms with Gasteiger partial charge in [0.2, 0.25) is 0 Å². The van der Waals surface area contributed by atoms with E-state index in [1.54, 1.807) is 42.6 Å². The molecule has 0 N–H and O–H groups in total. The number of aryl methyl sites for hydroxylation is 1. The van der Waals surface area contributed by atoms with Gasteiger partial charge in [0.15, 0.2) is 9.84 Å². The van der Waals surface area contributed by atoms with Crippen LogP contribution >= 0.6 is 11.3 Å². The Kier molecular flexibility index (Phi) is 5.02. The molecule has 0 saturated carbocycles. The van der Waals surface area contributed by atoms with Crippen molar-refractivity contribution in [2.75, 3.05) is 6.26 Å². The van der Waals surface area contributed by atoms with Crippen molar-refractivity contribution in [1.29, 1.82) is 0 Å². The fourth-order valence-electron chi connectivity index (χ4n) is 2.97. The molecule has 2 aromatic carbocycles. The van der Waals surface area contributed by atoms with Crippen LogP contribution in [-0.4, -0.2) is 24.6 Å². The summed E-state index contributed by atoms with van der Waals surface area (Å²) in [6, 6.07) is 16.8. The van der Waals surface area contributed by atoms with Crippen LogP contribution in [0, 0.1) is 12.7 Å². The van der Waals surface area contributed by atoms with E-state index in [1.165, 1.54) is 29.7 Å². The van der Waals surface area contributed by atoms with E-state index in [4.69, 9.17) is 4.98 Å². The average Bonchev–Trinajstić information content (AvgIpc) is 3.13. The highest BCUT2D eigenvalue weighted by molar-refractivity contribution is 7.90. The van der Waals surface area contributed by atoms with Gasteiger partial charge in [-0.1, -0.05) is 12.1 Å². The molecule has 0 aliphatic rings. The highest BCUT2D eigenvalue weighted by Gasteiger charge is 2.17. The third kappa shape index (κ3) is 4.11. The first-order valence-electron chi connectivity index (χ1n) is 8.81. The summed E-state index contributed by atoms with van der Waals surface area (Å²) < 4.78 is 36.8. The van der Waals surface area contributed by atoms with Gasteiger partial charge in [0.25, 0.3) is 0 Å². The van der Waals surface area contributed by atoms with Crippen LogP contribution in [0.2, 0.25) is 0 Å². The maximum absolute atomic E-state index is 13.4. The van der Waals surface area contributed by atoms with Crippen molar-refractivity contribution in [3.05, 3.63) is 78.4 Å². The zero-order chi connectivity index (χ0) is 20.6. The van der Waals surface area contributed by atoms with E-state index >= 15 is 0 Å². The molecular formula is C22H17FN2O2S2. The molecule has 0 bridgehead atoms. The SMILES string of the molecule is Cc1cc(-c2sc(-c3ccc(S(C)(=O)=O)cc3)nc2-c2ccc(F)cc2)ccn1. The molecule has 7 heteroatoms. The summed E-state index contributed by atoms with van der Waals surface area (Å²) in [5.74, 6) is -0.304. The summed E-state index contributed by atoms with van der Waals surface area (Å²) in [5, 5.41) is 0.758. The largest absolute Gasteiger partial charge is 0.262 e. The first kappa shape index (κ1) is 19.4. The molecule has 4 nitrogen and oxygen atoms in total. The highest BCUT2D eigenvalue weighted by atomic mass is 32.2. The topological polar surface area (TPSA) is 59.9 Å². The van der Waals surface area contributed by atoms with E-state index in [0.29, 0.717) is 0 Å². The van der Waals surface area contributed by atoms with E-state index in [-0.39, 0.29) is 10.7 Å². The third-order valence-corrected chi connectivity index (χ3v) is 6.72. The van der Waals surface area contributed by atoms with Crippen LogP contribution < -0.4 is 0 Å². The standard InChI is InChI=1S/C22H17FN2O2S2/c1-14-13-17(11-12-24-14)21-20(15-3-7-18(23)8-4-15)25-22(28-21)16-5-9-19(10-6-16)29(2,26)27/h3-13H,1-2H3. The molecule has 0 saturated heterocycles. The average molecular weight is 425 g/mol. The maximum Gasteiger partial charge on any atom is 0.175 e. The number of thiazole rings is 1. The molecular weight excluding hydrogens is 407 g/mol. The normalized spacial score (nSPS) is 11.6. The van der Waals surface area contributed by atoms with Crippen molar-refractivity contribution >= 4 is 21.2 Å².